The van der Waals surface area contributed by atoms with E-state index in [-0.39, 0.29) is 27.2 Å². The Bertz CT molecular complexity index is 1970. The zero-order valence-corrected chi connectivity index (χ0v) is 29.5. The Hall–Kier alpha value is -4.66. The number of amidine groups is 1. The molecule has 1 N–H and O–H groups in total. The first kappa shape index (κ1) is 35.2. The van der Waals surface area contributed by atoms with E-state index >= 15 is 13.2 Å². The number of methoxy groups -OCH3 is 2. The second kappa shape index (κ2) is 13.2. The summed E-state index contributed by atoms with van der Waals surface area (Å²) in [6.45, 7) is 3.75. The molecule has 5 nitrogen and oxygen atoms in total. The molecule has 0 saturated heterocycles. The molecule has 5 aromatic rings. The highest BCUT2D eigenvalue weighted by Gasteiger charge is 2.67. The summed E-state index contributed by atoms with van der Waals surface area (Å²) in [5.41, 5.74) is -3.56. The number of nitrogens with zero attached hydrogens (tertiary/aromatic N) is 1. The zero-order valence-electron chi connectivity index (χ0n) is 28.0. The largest absolute Gasteiger partial charge is 0.497 e. The molecule has 0 unspecified atom stereocenters. The fraction of sp³-hybridized carbons (Fsp3) is 0.225. The summed E-state index contributed by atoms with van der Waals surface area (Å²) in [6, 6.07) is 32.8. The summed E-state index contributed by atoms with van der Waals surface area (Å²) in [5.74, 6) is -3.36. The summed E-state index contributed by atoms with van der Waals surface area (Å²) >= 11 is 12.6. The maximum Gasteiger partial charge on any atom is 0.315 e. The van der Waals surface area contributed by atoms with Crippen LogP contribution in [-0.2, 0) is 15.8 Å². The van der Waals surface area contributed by atoms with Crippen molar-refractivity contribution in [3.05, 3.63) is 153 Å². The fourth-order valence-corrected chi connectivity index (χ4v) is 7.20. The summed E-state index contributed by atoms with van der Waals surface area (Å²) in [7, 11) is 3.15. The number of halogens is 5. The van der Waals surface area contributed by atoms with Crippen molar-refractivity contribution in [3.8, 4) is 22.6 Å². The molecular weight excluding hydrogens is 684 g/mol. The number of nitrogens with one attached hydrogen (secondary N) is 1. The van der Waals surface area contributed by atoms with Crippen LogP contribution >= 0.6 is 23.2 Å². The molecule has 0 fully saturated rings. The van der Waals surface area contributed by atoms with Crippen LogP contribution in [0.5, 0.6) is 11.5 Å². The van der Waals surface area contributed by atoms with Gasteiger partial charge in [0.15, 0.2) is 11.1 Å². The third-order valence-electron chi connectivity index (χ3n) is 9.27. The number of ether oxygens (including phenoxy) is 3. The van der Waals surface area contributed by atoms with Gasteiger partial charge in [0.2, 0.25) is 0 Å². The van der Waals surface area contributed by atoms with Gasteiger partial charge in [-0.1, -0.05) is 89.9 Å². The van der Waals surface area contributed by atoms with Crippen molar-refractivity contribution in [2.24, 2.45) is 4.99 Å². The fourth-order valence-electron chi connectivity index (χ4n) is 6.67. The number of hydrogen-bond donors (Lipinski definition) is 1. The molecule has 10 heteroatoms. The minimum atomic E-state index is -3.74. The molecule has 1 aliphatic heterocycles. The van der Waals surface area contributed by atoms with Crippen LogP contribution in [0, 0.1) is 5.82 Å². The summed E-state index contributed by atoms with van der Waals surface area (Å²) < 4.78 is 67.2. The van der Waals surface area contributed by atoms with Crippen molar-refractivity contribution < 1.29 is 27.4 Å². The zero-order chi connectivity index (χ0) is 35.9. The van der Waals surface area contributed by atoms with Gasteiger partial charge in [-0.25, -0.2) is 9.38 Å². The summed E-state index contributed by atoms with van der Waals surface area (Å²) in [4.78, 5) is 4.63. The van der Waals surface area contributed by atoms with Gasteiger partial charge in [0.05, 0.1) is 14.2 Å². The van der Waals surface area contributed by atoms with Crippen molar-refractivity contribution in [1.29, 1.82) is 0 Å². The second-order valence-electron chi connectivity index (χ2n) is 12.7. The molecule has 0 amide bonds. The number of alkyl halides is 2. The van der Waals surface area contributed by atoms with Crippen LogP contribution < -0.4 is 14.8 Å². The predicted molar refractivity (Wildman–Crippen MR) is 192 cm³/mol. The maximum atomic E-state index is 17.0. The van der Waals surface area contributed by atoms with E-state index in [1.54, 1.807) is 32.4 Å². The van der Waals surface area contributed by atoms with Gasteiger partial charge in [-0.05, 0) is 97.1 Å². The quantitative estimate of drug-likeness (QED) is 0.162. The molecule has 1 atom stereocenters. The molecule has 0 spiro atoms. The molecule has 1 heterocycles. The van der Waals surface area contributed by atoms with E-state index in [9.17, 15) is 0 Å². The predicted octanol–water partition coefficient (Wildman–Crippen LogP) is 10.4. The summed E-state index contributed by atoms with van der Waals surface area (Å²) in [5, 5.41) is 3.99. The Morgan fingerprint density at radius 1 is 0.700 bits per heavy atom. The third-order valence-corrected chi connectivity index (χ3v) is 9.70. The Morgan fingerprint density at radius 2 is 1.22 bits per heavy atom. The average molecular weight is 720 g/mol. The van der Waals surface area contributed by atoms with Gasteiger partial charge in [-0.3, -0.25) is 0 Å². The van der Waals surface area contributed by atoms with Crippen molar-refractivity contribution >= 4 is 29.2 Å². The highest BCUT2D eigenvalue weighted by molar-refractivity contribution is 6.35. The number of hydrogen-bond acceptors (Lipinski definition) is 5. The van der Waals surface area contributed by atoms with Crippen LogP contribution in [0.25, 0.3) is 11.1 Å². The molecule has 258 valence electrons. The monoisotopic (exact) mass is 718 g/mol. The Balaban J connectivity index is 1.64. The summed E-state index contributed by atoms with van der Waals surface area (Å²) in [6.07, 6.45) is 0. The molecule has 50 heavy (non-hydrogen) atoms. The molecule has 0 bridgehead atoms. The third kappa shape index (κ3) is 5.94. The van der Waals surface area contributed by atoms with Crippen molar-refractivity contribution in [2.75, 3.05) is 14.2 Å². The van der Waals surface area contributed by atoms with Gasteiger partial charge in [-0.2, -0.15) is 8.78 Å². The average Bonchev–Trinajstić information content (AvgIpc) is 3.09. The van der Waals surface area contributed by atoms with Crippen LogP contribution in [-0.4, -0.2) is 31.8 Å². The molecule has 1 aliphatic rings. The van der Waals surface area contributed by atoms with Gasteiger partial charge in [0.1, 0.15) is 22.9 Å². The van der Waals surface area contributed by atoms with Crippen LogP contribution in [0.1, 0.15) is 43.0 Å². The maximum absolute atomic E-state index is 17.0. The lowest BCUT2D eigenvalue weighted by Crippen LogP contribution is -2.64. The van der Waals surface area contributed by atoms with Crippen LogP contribution in [0.2, 0.25) is 10.0 Å². The number of rotatable bonds is 8. The van der Waals surface area contributed by atoms with Crippen LogP contribution in [0.4, 0.5) is 13.2 Å². The number of benzene rings is 5. The van der Waals surface area contributed by atoms with Gasteiger partial charge in [-0.15, -0.1) is 0 Å². The Morgan fingerprint density at radius 3 is 1.74 bits per heavy atom. The molecule has 0 aliphatic carbocycles. The van der Waals surface area contributed by atoms with E-state index in [4.69, 9.17) is 37.4 Å². The van der Waals surface area contributed by atoms with E-state index in [1.807, 2.05) is 78.9 Å². The normalized spacial score (nSPS) is 18.1. The van der Waals surface area contributed by atoms with E-state index in [2.05, 4.69) is 10.3 Å². The smallest absolute Gasteiger partial charge is 0.315 e. The van der Waals surface area contributed by atoms with Crippen LogP contribution in [0.3, 0.4) is 0 Å². The lowest BCUT2D eigenvalue weighted by Gasteiger charge is -2.49. The van der Waals surface area contributed by atoms with Gasteiger partial charge >= 0.3 is 5.92 Å². The van der Waals surface area contributed by atoms with Crippen molar-refractivity contribution in [3.63, 3.8) is 0 Å². The van der Waals surface area contributed by atoms with E-state index < -0.39 is 28.4 Å². The molecule has 5 aromatic carbocycles. The minimum absolute atomic E-state index is 0.164. The highest BCUT2D eigenvalue weighted by atomic mass is 35.5. The van der Waals surface area contributed by atoms with E-state index in [1.165, 1.54) is 32.9 Å². The van der Waals surface area contributed by atoms with Gasteiger partial charge in [0.25, 0.3) is 6.02 Å². The minimum Gasteiger partial charge on any atom is -0.497 e. The van der Waals surface area contributed by atoms with E-state index in [0.29, 0.717) is 17.1 Å². The first-order valence-electron chi connectivity index (χ1n) is 15.8. The molecule has 6 rings (SSSR count). The number of aliphatic imine (C=N–C) groups is 1. The molecule has 0 aromatic heterocycles. The second-order valence-corrected chi connectivity index (χ2v) is 13.6. The first-order chi connectivity index (χ1) is 23.8. The lowest BCUT2D eigenvalue weighted by atomic mass is 9.74. The SMILES string of the molecule is COc1ccc(C(NC2=N[C@](C)(c3c(F)cccc3-c3cc(Cl)cc(Cl)c3)C(F)(F)C(C)(C)O2)(c2ccccc2)c2ccc(OC)cc2)cc1. The Kier molecular flexibility index (Phi) is 9.31. The molecule has 0 saturated carbocycles. The highest BCUT2D eigenvalue weighted by Crippen LogP contribution is 2.54. The van der Waals surface area contributed by atoms with Crippen molar-refractivity contribution in [1.82, 2.24) is 5.32 Å². The first-order valence-corrected chi connectivity index (χ1v) is 16.6. The van der Waals surface area contributed by atoms with E-state index in [0.717, 1.165) is 22.8 Å². The van der Waals surface area contributed by atoms with Gasteiger partial charge in [0, 0.05) is 15.6 Å². The van der Waals surface area contributed by atoms with Gasteiger partial charge < -0.3 is 19.5 Å². The Labute approximate surface area is 299 Å². The standard InChI is InChI=1S/C40H35Cl2F3N2O3/c1-37(2)40(44,45)38(3,35-33(12-9-13-34(35)43)25-22-29(41)24-30(42)23-25)46-36(50-37)47-39(26-10-7-6-8-11-26,27-14-18-31(48-4)19-15-27)28-16-20-32(49-5)21-17-28/h6-24H,1-5H3,(H,46,47)/t38-/m1/s1. The van der Waals surface area contributed by atoms with Crippen molar-refractivity contribution in [2.45, 2.75) is 43.4 Å². The molecule has 0 radical (unpaired) electrons. The van der Waals surface area contributed by atoms with Crippen LogP contribution in [0.15, 0.2) is 120 Å². The lowest BCUT2D eigenvalue weighted by molar-refractivity contribution is -0.209. The topological polar surface area (TPSA) is 52.1 Å². The molecular formula is C40H35Cl2F3N2O3.